The van der Waals surface area contributed by atoms with Crippen molar-refractivity contribution in [3.05, 3.63) is 42.1 Å². The topological polar surface area (TPSA) is 96.3 Å². The number of ether oxygens (including phenoxy) is 2. The van der Waals surface area contributed by atoms with E-state index in [2.05, 4.69) is 20.4 Å². The minimum atomic E-state index is -4.94. The molecule has 0 spiro atoms. The number of pyridine rings is 1. The lowest BCUT2D eigenvalue weighted by atomic mass is 10.2. The molecule has 0 bridgehead atoms. The number of benzene rings is 1. The van der Waals surface area contributed by atoms with Crippen molar-refractivity contribution in [1.82, 2.24) is 10.3 Å². The van der Waals surface area contributed by atoms with Crippen LogP contribution in [0.1, 0.15) is 18.9 Å². The summed E-state index contributed by atoms with van der Waals surface area (Å²) in [6.45, 7) is 1.87. The summed E-state index contributed by atoms with van der Waals surface area (Å²) < 4.78 is 46.6. The van der Waals surface area contributed by atoms with Gasteiger partial charge in [-0.05, 0) is 31.7 Å². The van der Waals surface area contributed by atoms with Crippen LogP contribution in [0.4, 0.5) is 18.9 Å². The highest BCUT2D eigenvalue weighted by Crippen LogP contribution is 2.31. The maximum Gasteiger partial charge on any atom is 0.573 e. The second-order valence-corrected chi connectivity index (χ2v) is 5.54. The maximum absolute atomic E-state index is 12.4. The van der Waals surface area contributed by atoms with E-state index >= 15 is 0 Å². The van der Waals surface area contributed by atoms with Crippen molar-refractivity contribution in [2.45, 2.75) is 25.7 Å². The van der Waals surface area contributed by atoms with Gasteiger partial charge in [0.1, 0.15) is 11.8 Å². The van der Waals surface area contributed by atoms with E-state index < -0.39 is 12.1 Å². The zero-order valence-corrected chi connectivity index (χ0v) is 15.0. The molecular formula is C18H17F3N4O3. The number of amides is 1. The van der Waals surface area contributed by atoms with Gasteiger partial charge in [0.25, 0.3) is 0 Å². The highest BCUT2D eigenvalue weighted by Gasteiger charge is 2.32. The van der Waals surface area contributed by atoms with Crippen LogP contribution in [0.15, 0.2) is 36.5 Å². The van der Waals surface area contributed by atoms with Gasteiger partial charge in [-0.1, -0.05) is 6.92 Å². The first-order chi connectivity index (χ1) is 13.3. The van der Waals surface area contributed by atoms with Crippen molar-refractivity contribution in [2.75, 3.05) is 12.4 Å². The Morgan fingerprint density at radius 3 is 2.61 bits per heavy atom. The van der Waals surface area contributed by atoms with Gasteiger partial charge in [-0.25, -0.2) is 4.98 Å². The van der Waals surface area contributed by atoms with E-state index in [1.807, 2.05) is 6.92 Å². The number of likely N-dealkylation sites (N-methyl/N-ethyl adjacent to an activating group) is 1. The third kappa shape index (κ3) is 5.85. The Kier molecular flexibility index (Phi) is 6.79. The first kappa shape index (κ1) is 21.0. The van der Waals surface area contributed by atoms with Crippen LogP contribution in [-0.4, -0.2) is 30.3 Å². The van der Waals surface area contributed by atoms with Crippen LogP contribution in [0.3, 0.4) is 0 Å². The molecule has 0 aliphatic heterocycles. The first-order valence-electron chi connectivity index (χ1n) is 8.17. The lowest BCUT2D eigenvalue weighted by Gasteiger charge is -2.14. The van der Waals surface area contributed by atoms with Crippen LogP contribution in [0.2, 0.25) is 0 Å². The lowest BCUT2D eigenvalue weighted by molar-refractivity contribution is -0.274. The van der Waals surface area contributed by atoms with E-state index in [1.165, 1.54) is 18.3 Å². The number of halogens is 3. The molecule has 148 valence electrons. The van der Waals surface area contributed by atoms with E-state index in [4.69, 9.17) is 10.00 Å². The Balaban J connectivity index is 2.11. The fraction of sp³-hybridized carbons (Fsp3) is 0.278. The molecule has 1 atom stereocenters. The van der Waals surface area contributed by atoms with Crippen LogP contribution < -0.4 is 20.1 Å². The molecule has 0 radical (unpaired) electrons. The fourth-order valence-electron chi connectivity index (χ4n) is 2.25. The Labute approximate surface area is 159 Å². The average molecular weight is 394 g/mol. The second kappa shape index (κ2) is 9.05. The second-order valence-electron chi connectivity index (χ2n) is 5.54. The molecule has 0 unspecified atom stereocenters. The molecule has 0 saturated heterocycles. The van der Waals surface area contributed by atoms with Crippen molar-refractivity contribution in [3.8, 4) is 23.4 Å². The quantitative estimate of drug-likeness (QED) is 0.745. The molecule has 1 amide bonds. The van der Waals surface area contributed by atoms with Crippen LogP contribution in [0.5, 0.6) is 17.4 Å². The van der Waals surface area contributed by atoms with Gasteiger partial charge >= 0.3 is 6.36 Å². The van der Waals surface area contributed by atoms with Crippen LogP contribution in [0.25, 0.3) is 0 Å². The SMILES string of the molecule is CC[C@@H](NC)C(=O)Nc1ccc(Oc2ccc(C#N)c(OC(F)(F)F)c2)nc1. The van der Waals surface area contributed by atoms with Gasteiger partial charge in [0, 0.05) is 12.1 Å². The van der Waals surface area contributed by atoms with Gasteiger partial charge in [-0.2, -0.15) is 5.26 Å². The van der Waals surface area contributed by atoms with Crippen LogP contribution in [-0.2, 0) is 4.79 Å². The number of carbonyl (C=O) groups excluding carboxylic acids is 1. The molecule has 2 N–H and O–H groups in total. The molecule has 2 aromatic rings. The summed E-state index contributed by atoms with van der Waals surface area (Å²) in [6, 6.07) is 7.66. The van der Waals surface area contributed by atoms with Crippen molar-refractivity contribution in [2.24, 2.45) is 0 Å². The lowest BCUT2D eigenvalue weighted by Crippen LogP contribution is -2.37. The van der Waals surface area contributed by atoms with Gasteiger partial charge in [-0.15, -0.1) is 13.2 Å². The summed E-state index contributed by atoms with van der Waals surface area (Å²) in [7, 11) is 1.68. The minimum Gasteiger partial charge on any atom is -0.439 e. The minimum absolute atomic E-state index is 0.00349. The van der Waals surface area contributed by atoms with Crippen molar-refractivity contribution in [3.63, 3.8) is 0 Å². The number of nitrogens with zero attached hydrogens (tertiary/aromatic N) is 2. The summed E-state index contributed by atoms with van der Waals surface area (Å²) >= 11 is 0. The summed E-state index contributed by atoms with van der Waals surface area (Å²) in [5.74, 6) is -0.805. The monoisotopic (exact) mass is 394 g/mol. The molecule has 28 heavy (non-hydrogen) atoms. The Morgan fingerprint density at radius 1 is 1.32 bits per heavy atom. The van der Waals surface area contributed by atoms with E-state index in [1.54, 1.807) is 19.2 Å². The number of nitriles is 1. The van der Waals surface area contributed by atoms with Crippen LogP contribution in [0, 0.1) is 11.3 Å². The van der Waals surface area contributed by atoms with Gasteiger partial charge in [0.2, 0.25) is 11.8 Å². The number of rotatable bonds is 7. The zero-order valence-electron chi connectivity index (χ0n) is 15.0. The Hall–Kier alpha value is -3.32. The predicted octanol–water partition coefficient (Wildman–Crippen LogP) is 3.58. The zero-order chi connectivity index (χ0) is 20.7. The summed E-state index contributed by atoms with van der Waals surface area (Å²) in [5, 5.41) is 14.4. The number of anilines is 1. The molecule has 1 aromatic carbocycles. The van der Waals surface area contributed by atoms with Crippen molar-refractivity contribution >= 4 is 11.6 Å². The summed E-state index contributed by atoms with van der Waals surface area (Å²) in [5.41, 5.74) is 0.151. The first-order valence-corrected chi connectivity index (χ1v) is 8.17. The Bertz CT molecular complexity index is 860. The molecule has 2 rings (SSSR count). The van der Waals surface area contributed by atoms with E-state index in [-0.39, 0.29) is 29.1 Å². The maximum atomic E-state index is 12.4. The molecule has 0 fully saturated rings. The smallest absolute Gasteiger partial charge is 0.439 e. The summed E-state index contributed by atoms with van der Waals surface area (Å²) in [4.78, 5) is 16.0. The third-order valence-corrected chi connectivity index (χ3v) is 3.60. The molecule has 0 aliphatic rings. The molecular weight excluding hydrogens is 377 g/mol. The van der Waals surface area contributed by atoms with E-state index in [9.17, 15) is 18.0 Å². The largest absolute Gasteiger partial charge is 0.573 e. The number of nitrogens with one attached hydrogen (secondary N) is 2. The standard InChI is InChI=1S/C18H17F3N4O3/c1-3-14(23-2)17(26)25-12-5-7-16(24-10-12)27-13-6-4-11(9-22)15(8-13)28-18(19,20)21/h4-8,10,14,23H,3H2,1-2H3,(H,25,26)/t14-/m1/s1. The normalized spacial score (nSPS) is 12.0. The highest BCUT2D eigenvalue weighted by atomic mass is 19.4. The van der Waals surface area contributed by atoms with Crippen molar-refractivity contribution < 1.29 is 27.4 Å². The molecule has 0 saturated carbocycles. The number of alkyl halides is 3. The predicted molar refractivity (Wildman–Crippen MR) is 93.9 cm³/mol. The molecule has 10 heteroatoms. The van der Waals surface area contributed by atoms with Crippen molar-refractivity contribution in [1.29, 1.82) is 5.26 Å². The molecule has 1 aromatic heterocycles. The average Bonchev–Trinajstić information content (AvgIpc) is 2.63. The Morgan fingerprint density at radius 2 is 2.07 bits per heavy atom. The fourth-order valence-corrected chi connectivity index (χ4v) is 2.25. The van der Waals surface area contributed by atoms with E-state index in [0.717, 1.165) is 12.1 Å². The van der Waals surface area contributed by atoms with Gasteiger partial charge < -0.3 is 20.1 Å². The number of hydrogen-bond acceptors (Lipinski definition) is 6. The number of aromatic nitrogens is 1. The number of carbonyl (C=O) groups is 1. The summed E-state index contributed by atoms with van der Waals surface area (Å²) in [6.07, 6.45) is -2.98. The molecule has 7 nitrogen and oxygen atoms in total. The van der Waals surface area contributed by atoms with Gasteiger partial charge in [-0.3, -0.25) is 4.79 Å². The number of hydrogen-bond donors (Lipinski definition) is 2. The van der Waals surface area contributed by atoms with Gasteiger partial charge in [0.05, 0.1) is 23.5 Å². The van der Waals surface area contributed by atoms with E-state index in [0.29, 0.717) is 12.1 Å². The van der Waals surface area contributed by atoms with Gasteiger partial charge in [0.15, 0.2) is 5.75 Å². The highest BCUT2D eigenvalue weighted by molar-refractivity contribution is 5.94. The molecule has 1 heterocycles. The van der Waals surface area contributed by atoms with Crippen LogP contribution >= 0.6 is 0 Å². The molecule has 0 aliphatic carbocycles. The third-order valence-electron chi connectivity index (χ3n) is 3.60.